The standard InChI is InChI=1S/C12H11O3.2Li.H2O/c13-7-8-1-2-10-6-11(12(14)15)4-3-9(10)5-8;;;/h1-2,5,11H,3-4,6H2,(H,14,15);;;1H2/q-1;2*+1;/p-2. The Bertz CT molecular complexity index is 421. The molecule has 2 rings (SSSR count). The van der Waals surface area contributed by atoms with E-state index in [4.69, 9.17) is 0 Å². The molecular weight excluding hydrogens is 222 g/mol. The second-order valence-electron chi connectivity index (χ2n) is 3.84. The molecular formula is C12H11Li2O4-. The number of aliphatic carboxylic acids is 1. The summed E-state index contributed by atoms with van der Waals surface area (Å²) in [6.45, 7) is 0. The average Bonchev–Trinajstić information content (AvgIpc) is 2.27. The topological polar surface area (TPSA) is 87.2 Å². The first-order valence-electron chi connectivity index (χ1n) is 4.91. The molecule has 0 heterocycles. The van der Waals surface area contributed by atoms with Crippen molar-refractivity contribution in [2.75, 3.05) is 0 Å². The van der Waals surface area contributed by atoms with Crippen LogP contribution in [0.3, 0.4) is 0 Å². The first kappa shape index (κ1) is 19.8. The summed E-state index contributed by atoms with van der Waals surface area (Å²) in [5.74, 6) is -1.37. The zero-order chi connectivity index (χ0) is 10.8. The molecule has 4 nitrogen and oxygen atoms in total. The Morgan fingerprint density at radius 2 is 1.94 bits per heavy atom. The molecule has 1 aliphatic rings. The van der Waals surface area contributed by atoms with E-state index in [9.17, 15) is 14.7 Å². The van der Waals surface area contributed by atoms with E-state index in [0.717, 1.165) is 11.1 Å². The number of carboxylic acid groups (broad SMARTS) is 1. The second kappa shape index (κ2) is 8.59. The molecule has 6 heteroatoms. The SMILES string of the molecule is O=[C-]c1ccc2c(c1)CCC(C(=O)[O-])C2.[Li+].[Li+].[OH-]. The summed E-state index contributed by atoms with van der Waals surface area (Å²) in [4.78, 5) is 21.1. The fourth-order valence-electron chi connectivity index (χ4n) is 2.02. The predicted molar refractivity (Wildman–Crippen MR) is 53.7 cm³/mol. The number of benzene rings is 1. The molecule has 18 heavy (non-hydrogen) atoms. The Labute approximate surface area is 130 Å². The molecule has 1 aromatic rings. The molecule has 1 atom stereocenters. The molecule has 0 saturated heterocycles. The van der Waals surface area contributed by atoms with Gasteiger partial charge in [-0.2, -0.15) is 17.7 Å². The van der Waals surface area contributed by atoms with Gasteiger partial charge in [0.25, 0.3) is 0 Å². The first-order valence-corrected chi connectivity index (χ1v) is 4.91. The Balaban J connectivity index is 0. The minimum atomic E-state index is -0.980. The maximum atomic E-state index is 10.7. The molecule has 0 saturated carbocycles. The van der Waals surface area contributed by atoms with Gasteiger partial charge in [-0.05, 0) is 19.3 Å². The van der Waals surface area contributed by atoms with Gasteiger partial charge in [-0.15, -0.1) is 11.6 Å². The van der Waals surface area contributed by atoms with Crippen LogP contribution in [0.5, 0.6) is 0 Å². The zero-order valence-electron chi connectivity index (χ0n) is 10.6. The van der Waals surface area contributed by atoms with Crippen molar-refractivity contribution in [3.8, 4) is 0 Å². The van der Waals surface area contributed by atoms with E-state index < -0.39 is 5.97 Å². The smallest absolute Gasteiger partial charge is 0.870 e. The average molecular weight is 233 g/mol. The van der Waals surface area contributed by atoms with Crippen LogP contribution in [-0.4, -0.2) is 17.7 Å². The summed E-state index contributed by atoms with van der Waals surface area (Å²) >= 11 is 0. The molecule has 1 aliphatic carbocycles. The van der Waals surface area contributed by atoms with Crippen molar-refractivity contribution in [2.24, 2.45) is 5.92 Å². The summed E-state index contributed by atoms with van der Waals surface area (Å²) in [6, 6.07) is 5.27. The van der Waals surface area contributed by atoms with Crippen LogP contribution in [0.15, 0.2) is 18.2 Å². The second-order valence-corrected chi connectivity index (χ2v) is 3.84. The summed E-state index contributed by atoms with van der Waals surface area (Å²) < 4.78 is 0. The van der Waals surface area contributed by atoms with Crippen LogP contribution >= 0.6 is 0 Å². The molecule has 0 aromatic heterocycles. The maximum absolute atomic E-state index is 10.7. The molecule has 1 N–H and O–H groups in total. The number of carboxylic acids is 1. The number of hydrogen-bond acceptors (Lipinski definition) is 4. The van der Waals surface area contributed by atoms with Gasteiger partial charge in [0, 0.05) is 11.9 Å². The Kier molecular flexibility index (Phi) is 9.47. The predicted octanol–water partition coefficient (Wildman–Crippen LogP) is -6.17. The van der Waals surface area contributed by atoms with Crippen molar-refractivity contribution in [3.05, 3.63) is 34.9 Å². The van der Waals surface area contributed by atoms with Gasteiger partial charge in [0.05, 0.1) is 6.29 Å². The van der Waals surface area contributed by atoms with Gasteiger partial charge in [0.15, 0.2) is 0 Å². The summed E-state index contributed by atoms with van der Waals surface area (Å²) in [5.41, 5.74) is 2.60. The monoisotopic (exact) mass is 233 g/mol. The Hall–Kier alpha value is -0.485. The van der Waals surface area contributed by atoms with E-state index in [1.165, 1.54) is 0 Å². The Morgan fingerprint density at radius 1 is 1.28 bits per heavy atom. The van der Waals surface area contributed by atoms with Gasteiger partial charge in [-0.1, -0.05) is 5.56 Å². The number of rotatable bonds is 2. The van der Waals surface area contributed by atoms with Crippen LogP contribution in [-0.2, 0) is 22.4 Å². The fraction of sp³-hybridized carbons (Fsp3) is 0.333. The minimum absolute atomic E-state index is 0. The largest absolute Gasteiger partial charge is 1.00 e. The van der Waals surface area contributed by atoms with Gasteiger partial charge in [-0.3, -0.25) is 0 Å². The summed E-state index contributed by atoms with van der Waals surface area (Å²) in [7, 11) is 0. The molecule has 0 amide bonds. The van der Waals surface area contributed by atoms with Crippen molar-refractivity contribution >= 4 is 12.3 Å². The molecule has 0 bridgehead atoms. The van der Waals surface area contributed by atoms with Crippen LogP contribution < -0.4 is 42.8 Å². The zero-order valence-corrected chi connectivity index (χ0v) is 10.6. The van der Waals surface area contributed by atoms with Crippen LogP contribution in [0.4, 0.5) is 0 Å². The van der Waals surface area contributed by atoms with E-state index >= 15 is 0 Å². The van der Waals surface area contributed by atoms with Crippen LogP contribution in [0.2, 0.25) is 0 Å². The van der Waals surface area contributed by atoms with E-state index in [2.05, 4.69) is 0 Å². The molecule has 0 radical (unpaired) electrons. The van der Waals surface area contributed by atoms with Gasteiger partial charge >= 0.3 is 37.7 Å². The maximum Gasteiger partial charge on any atom is 1.00 e. The molecule has 1 aromatic carbocycles. The van der Waals surface area contributed by atoms with E-state index in [-0.39, 0.29) is 49.1 Å². The van der Waals surface area contributed by atoms with Crippen molar-refractivity contribution in [2.45, 2.75) is 19.3 Å². The fourth-order valence-corrected chi connectivity index (χ4v) is 2.02. The van der Waals surface area contributed by atoms with E-state index in [1.807, 2.05) is 12.4 Å². The van der Waals surface area contributed by atoms with Crippen molar-refractivity contribution in [3.63, 3.8) is 0 Å². The number of carbonyl (C=O) groups excluding carboxylic acids is 2. The van der Waals surface area contributed by atoms with Gasteiger partial charge in [0.1, 0.15) is 0 Å². The van der Waals surface area contributed by atoms with Crippen LogP contribution in [0, 0.1) is 5.92 Å². The van der Waals surface area contributed by atoms with E-state index in [1.54, 1.807) is 12.1 Å². The number of aryl methyl sites for hydroxylation is 1. The van der Waals surface area contributed by atoms with Crippen LogP contribution in [0.1, 0.15) is 23.1 Å². The number of carbonyl (C=O) groups is 1. The summed E-state index contributed by atoms with van der Waals surface area (Å²) in [5, 5.41) is 10.7. The third kappa shape index (κ3) is 4.32. The molecule has 0 spiro atoms. The van der Waals surface area contributed by atoms with E-state index in [0.29, 0.717) is 24.8 Å². The van der Waals surface area contributed by atoms with Crippen molar-refractivity contribution < 1.29 is 57.9 Å². The Morgan fingerprint density at radius 3 is 2.50 bits per heavy atom. The van der Waals surface area contributed by atoms with Gasteiger partial charge in [0.2, 0.25) is 0 Å². The molecule has 1 unspecified atom stereocenters. The minimum Gasteiger partial charge on any atom is -0.870 e. The molecule has 86 valence electrons. The van der Waals surface area contributed by atoms with Gasteiger partial charge < -0.3 is 20.2 Å². The summed E-state index contributed by atoms with van der Waals surface area (Å²) in [6.07, 6.45) is 3.64. The van der Waals surface area contributed by atoms with Crippen molar-refractivity contribution in [1.82, 2.24) is 0 Å². The molecule has 0 aliphatic heterocycles. The molecule has 0 fully saturated rings. The first-order chi connectivity index (χ1) is 7.20. The van der Waals surface area contributed by atoms with Crippen molar-refractivity contribution in [1.29, 1.82) is 0 Å². The third-order valence-electron chi connectivity index (χ3n) is 2.89. The number of hydrogen-bond donors (Lipinski definition) is 0. The van der Waals surface area contributed by atoms with Crippen LogP contribution in [0.25, 0.3) is 0 Å². The normalized spacial score (nSPS) is 16.1. The number of fused-ring (bicyclic) bond motifs is 1. The third-order valence-corrected chi connectivity index (χ3v) is 2.89. The van der Waals surface area contributed by atoms with Gasteiger partial charge in [-0.25, -0.2) is 0 Å². The quantitative estimate of drug-likeness (QED) is 0.375.